The van der Waals surface area contributed by atoms with Gasteiger partial charge >= 0.3 is 0 Å². The Morgan fingerprint density at radius 1 is 1.24 bits per heavy atom. The van der Waals surface area contributed by atoms with E-state index in [9.17, 15) is 4.79 Å². The summed E-state index contributed by atoms with van der Waals surface area (Å²) < 4.78 is 7.60. The molecule has 1 saturated heterocycles. The minimum Gasteiger partial charge on any atom is -0.381 e. The summed E-state index contributed by atoms with van der Waals surface area (Å²) in [4.78, 5) is 12.0. The summed E-state index contributed by atoms with van der Waals surface area (Å²) in [6, 6.07) is 0.575. The lowest BCUT2D eigenvalue weighted by atomic mass is 10.1. The smallest absolute Gasteiger partial charge is 0.220 e. The number of carbonyl (C=O) groups is 1. The summed E-state index contributed by atoms with van der Waals surface area (Å²) in [5.41, 5.74) is 0. The van der Waals surface area contributed by atoms with E-state index in [4.69, 9.17) is 4.74 Å². The van der Waals surface area contributed by atoms with Crippen molar-refractivity contribution in [2.75, 3.05) is 13.2 Å². The quantitative estimate of drug-likeness (QED) is 0.862. The van der Waals surface area contributed by atoms with Gasteiger partial charge in [-0.25, -0.2) is 0 Å². The van der Waals surface area contributed by atoms with Crippen LogP contribution in [0.2, 0.25) is 0 Å². The monoisotopic (exact) mass is 290 g/mol. The van der Waals surface area contributed by atoms with Gasteiger partial charge in [-0.2, -0.15) is 0 Å². The Balaban J connectivity index is 1.36. The van der Waals surface area contributed by atoms with Crippen molar-refractivity contribution in [3.63, 3.8) is 0 Å². The Morgan fingerprint density at radius 2 is 2.10 bits per heavy atom. The summed E-state index contributed by atoms with van der Waals surface area (Å²) in [7, 11) is 0. The maximum Gasteiger partial charge on any atom is 0.220 e. The molecule has 0 spiro atoms. The number of ether oxygens (including phenoxy) is 1. The highest BCUT2D eigenvalue weighted by molar-refractivity contribution is 5.76. The number of nitrogens with zero attached hydrogens (tertiary/aromatic N) is 3. The molecule has 0 bridgehead atoms. The number of hydrogen-bond acceptors (Lipinski definition) is 4. The SMILES string of the molecule is O=C(C[C@H]1CCOC1)NCc1nnc(C2CC2)n1C1CC1. The fraction of sp³-hybridized carbons (Fsp3) is 0.800. The zero-order chi connectivity index (χ0) is 14.2. The first-order valence-corrected chi connectivity index (χ1v) is 8.09. The first-order chi connectivity index (χ1) is 10.3. The third-order valence-electron chi connectivity index (χ3n) is 4.59. The van der Waals surface area contributed by atoms with E-state index in [1.165, 1.54) is 25.7 Å². The molecule has 3 fully saturated rings. The molecular formula is C15H22N4O2. The molecule has 3 aliphatic rings. The van der Waals surface area contributed by atoms with E-state index in [0.29, 0.717) is 30.8 Å². The van der Waals surface area contributed by atoms with Crippen LogP contribution in [0.5, 0.6) is 0 Å². The highest BCUT2D eigenvalue weighted by atomic mass is 16.5. The highest BCUT2D eigenvalue weighted by Gasteiger charge is 2.36. The molecule has 0 aromatic carbocycles. The van der Waals surface area contributed by atoms with Crippen molar-refractivity contribution in [2.24, 2.45) is 5.92 Å². The molecule has 21 heavy (non-hydrogen) atoms. The summed E-state index contributed by atoms with van der Waals surface area (Å²) in [5.74, 6) is 3.16. The van der Waals surface area contributed by atoms with Gasteiger partial charge in [-0.3, -0.25) is 4.79 Å². The molecule has 2 aliphatic carbocycles. The lowest BCUT2D eigenvalue weighted by molar-refractivity contribution is -0.122. The van der Waals surface area contributed by atoms with Gasteiger partial charge in [0.15, 0.2) is 5.82 Å². The maximum atomic E-state index is 12.0. The van der Waals surface area contributed by atoms with Gasteiger partial charge in [-0.05, 0) is 38.0 Å². The van der Waals surface area contributed by atoms with E-state index < -0.39 is 0 Å². The molecule has 1 aliphatic heterocycles. The van der Waals surface area contributed by atoms with Crippen molar-refractivity contribution >= 4 is 5.91 Å². The average molecular weight is 290 g/mol. The lowest BCUT2D eigenvalue weighted by Gasteiger charge is -2.11. The second kappa shape index (κ2) is 5.40. The Morgan fingerprint density at radius 3 is 2.76 bits per heavy atom. The fourth-order valence-corrected chi connectivity index (χ4v) is 3.06. The van der Waals surface area contributed by atoms with Crippen LogP contribution < -0.4 is 5.32 Å². The fourth-order valence-electron chi connectivity index (χ4n) is 3.06. The molecule has 6 heteroatoms. The molecule has 1 N–H and O–H groups in total. The Bertz CT molecular complexity index is 528. The normalized spacial score (nSPS) is 25.2. The van der Waals surface area contributed by atoms with E-state index in [-0.39, 0.29) is 5.91 Å². The number of amides is 1. The first kappa shape index (κ1) is 13.2. The van der Waals surface area contributed by atoms with Crippen LogP contribution in [0.1, 0.15) is 62.1 Å². The van der Waals surface area contributed by atoms with Gasteiger partial charge in [0.25, 0.3) is 0 Å². The number of aromatic nitrogens is 3. The van der Waals surface area contributed by atoms with Crippen LogP contribution in [-0.2, 0) is 16.1 Å². The molecule has 1 aromatic heterocycles. The van der Waals surface area contributed by atoms with E-state index >= 15 is 0 Å². The maximum absolute atomic E-state index is 12.0. The Hall–Kier alpha value is -1.43. The number of nitrogens with one attached hydrogen (secondary N) is 1. The van der Waals surface area contributed by atoms with Gasteiger partial charge in [0, 0.05) is 31.6 Å². The third-order valence-corrected chi connectivity index (χ3v) is 4.59. The van der Waals surface area contributed by atoms with Crippen molar-refractivity contribution in [3.05, 3.63) is 11.6 Å². The average Bonchev–Trinajstić information content (AvgIpc) is 3.41. The van der Waals surface area contributed by atoms with Gasteiger partial charge in [-0.1, -0.05) is 0 Å². The minimum absolute atomic E-state index is 0.101. The molecule has 6 nitrogen and oxygen atoms in total. The lowest BCUT2D eigenvalue weighted by Crippen LogP contribution is -2.27. The molecule has 1 amide bonds. The number of carbonyl (C=O) groups excluding carboxylic acids is 1. The van der Waals surface area contributed by atoms with Crippen molar-refractivity contribution < 1.29 is 9.53 Å². The summed E-state index contributed by atoms with van der Waals surface area (Å²) >= 11 is 0. The van der Waals surface area contributed by atoms with E-state index in [0.717, 1.165) is 31.3 Å². The Labute approximate surface area is 124 Å². The topological polar surface area (TPSA) is 69.0 Å². The second-order valence-corrected chi connectivity index (χ2v) is 6.56. The van der Waals surface area contributed by atoms with E-state index in [2.05, 4.69) is 20.1 Å². The summed E-state index contributed by atoms with van der Waals surface area (Å²) in [6.07, 6.45) is 6.47. The molecule has 4 rings (SSSR count). The van der Waals surface area contributed by atoms with E-state index in [1.807, 2.05) is 0 Å². The molecule has 1 aromatic rings. The minimum atomic E-state index is 0.101. The Kier molecular flexibility index (Phi) is 3.41. The summed E-state index contributed by atoms with van der Waals surface area (Å²) in [5, 5.41) is 11.7. The third kappa shape index (κ3) is 2.95. The molecule has 2 heterocycles. The predicted octanol–water partition coefficient (Wildman–Crippen LogP) is 1.53. The van der Waals surface area contributed by atoms with Crippen LogP contribution >= 0.6 is 0 Å². The van der Waals surface area contributed by atoms with Gasteiger partial charge in [0.2, 0.25) is 5.91 Å². The van der Waals surface area contributed by atoms with Gasteiger partial charge < -0.3 is 14.6 Å². The van der Waals surface area contributed by atoms with Crippen LogP contribution in [0.4, 0.5) is 0 Å². The van der Waals surface area contributed by atoms with E-state index in [1.54, 1.807) is 0 Å². The first-order valence-electron chi connectivity index (χ1n) is 8.09. The second-order valence-electron chi connectivity index (χ2n) is 6.56. The van der Waals surface area contributed by atoms with Crippen LogP contribution in [0.3, 0.4) is 0 Å². The zero-order valence-corrected chi connectivity index (χ0v) is 12.3. The standard InChI is InChI=1S/C15H22N4O2/c20-14(7-10-5-6-21-9-10)16-8-13-17-18-15(11-1-2-11)19(13)12-3-4-12/h10-12H,1-9H2,(H,16,20)/t10-/m1/s1. The van der Waals surface area contributed by atoms with Crippen LogP contribution in [0, 0.1) is 5.92 Å². The molecule has 114 valence electrons. The van der Waals surface area contributed by atoms with Gasteiger partial charge in [0.1, 0.15) is 5.82 Å². The highest BCUT2D eigenvalue weighted by Crippen LogP contribution is 2.44. The van der Waals surface area contributed by atoms with Crippen LogP contribution in [0.15, 0.2) is 0 Å². The van der Waals surface area contributed by atoms with Crippen molar-refractivity contribution in [2.45, 2.75) is 57.0 Å². The van der Waals surface area contributed by atoms with Crippen LogP contribution in [-0.4, -0.2) is 33.9 Å². The number of hydrogen-bond donors (Lipinski definition) is 1. The van der Waals surface area contributed by atoms with Gasteiger partial charge in [0.05, 0.1) is 6.54 Å². The molecule has 0 radical (unpaired) electrons. The van der Waals surface area contributed by atoms with Crippen molar-refractivity contribution in [3.8, 4) is 0 Å². The molecule has 2 saturated carbocycles. The predicted molar refractivity (Wildman–Crippen MR) is 75.7 cm³/mol. The molecule has 0 unspecified atom stereocenters. The van der Waals surface area contributed by atoms with Crippen molar-refractivity contribution in [1.29, 1.82) is 0 Å². The van der Waals surface area contributed by atoms with Crippen molar-refractivity contribution in [1.82, 2.24) is 20.1 Å². The van der Waals surface area contributed by atoms with Crippen LogP contribution in [0.25, 0.3) is 0 Å². The summed E-state index contributed by atoms with van der Waals surface area (Å²) in [6.45, 7) is 2.01. The zero-order valence-electron chi connectivity index (χ0n) is 12.3. The molecular weight excluding hydrogens is 268 g/mol. The number of rotatable bonds is 6. The van der Waals surface area contributed by atoms with Gasteiger partial charge in [-0.15, -0.1) is 10.2 Å². The largest absolute Gasteiger partial charge is 0.381 e. The molecule has 1 atom stereocenters.